The Morgan fingerprint density at radius 1 is 1.17 bits per heavy atom. The number of thiophene rings is 1. The van der Waals surface area contributed by atoms with Crippen molar-refractivity contribution >= 4 is 11.3 Å². The molecular formula is C16H18OS. The first-order chi connectivity index (χ1) is 8.74. The number of aryl methyl sites for hydroxylation is 3. The van der Waals surface area contributed by atoms with E-state index in [0.29, 0.717) is 0 Å². The van der Waals surface area contributed by atoms with E-state index in [2.05, 4.69) is 25.1 Å². The summed E-state index contributed by atoms with van der Waals surface area (Å²) in [5.41, 5.74) is 3.68. The Kier molecular flexibility index (Phi) is 3.23. The molecule has 0 radical (unpaired) electrons. The molecule has 0 saturated heterocycles. The van der Waals surface area contributed by atoms with Gasteiger partial charge in [0.15, 0.2) is 0 Å². The quantitative estimate of drug-likeness (QED) is 0.862. The molecule has 18 heavy (non-hydrogen) atoms. The van der Waals surface area contributed by atoms with Crippen molar-refractivity contribution in [3.8, 4) is 0 Å². The van der Waals surface area contributed by atoms with Crippen molar-refractivity contribution < 1.29 is 5.11 Å². The molecule has 0 aliphatic heterocycles. The Morgan fingerprint density at radius 3 is 2.78 bits per heavy atom. The van der Waals surface area contributed by atoms with Crippen LogP contribution >= 0.6 is 11.3 Å². The predicted octanol–water partition coefficient (Wildman–Crippen LogP) is 4.02. The lowest BCUT2D eigenvalue weighted by Crippen LogP contribution is -1.97. The number of aliphatic hydroxyl groups excluding tert-OH is 1. The number of fused-ring (bicyclic) bond motifs is 1. The summed E-state index contributed by atoms with van der Waals surface area (Å²) in [4.78, 5) is 2.59. The number of aliphatic hydroxyl groups is 1. The number of hydrogen-bond acceptors (Lipinski definition) is 2. The Hall–Kier alpha value is -1.12. The average Bonchev–Trinajstić information content (AvgIpc) is 2.81. The van der Waals surface area contributed by atoms with Gasteiger partial charge < -0.3 is 5.11 Å². The number of hydrogen-bond donors (Lipinski definition) is 1. The van der Waals surface area contributed by atoms with Gasteiger partial charge in [0.2, 0.25) is 0 Å². The van der Waals surface area contributed by atoms with Gasteiger partial charge in [0.25, 0.3) is 0 Å². The molecule has 1 aliphatic carbocycles. The number of rotatable bonds is 2. The molecule has 0 fully saturated rings. The summed E-state index contributed by atoms with van der Waals surface area (Å²) in [6.45, 7) is 2.07. The van der Waals surface area contributed by atoms with Crippen LogP contribution in [0.3, 0.4) is 0 Å². The second-order valence-corrected chi connectivity index (χ2v) is 6.29. The molecule has 1 nitrogen and oxygen atoms in total. The lowest BCUT2D eigenvalue weighted by molar-refractivity contribution is 0.224. The third-order valence-electron chi connectivity index (χ3n) is 3.64. The van der Waals surface area contributed by atoms with Crippen molar-refractivity contribution in [1.82, 2.24) is 0 Å². The van der Waals surface area contributed by atoms with Gasteiger partial charge in [-0.15, -0.1) is 11.3 Å². The zero-order chi connectivity index (χ0) is 12.5. The second-order valence-electron chi connectivity index (χ2n) is 5.12. The van der Waals surface area contributed by atoms with Gasteiger partial charge in [0.1, 0.15) is 6.10 Å². The summed E-state index contributed by atoms with van der Waals surface area (Å²) in [6.07, 6.45) is 4.52. The Labute approximate surface area is 112 Å². The van der Waals surface area contributed by atoms with Gasteiger partial charge in [-0.3, -0.25) is 0 Å². The molecule has 94 valence electrons. The van der Waals surface area contributed by atoms with Crippen LogP contribution in [-0.4, -0.2) is 5.11 Å². The largest absolute Gasteiger partial charge is 0.383 e. The molecule has 3 rings (SSSR count). The first-order valence-electron chi connectivity index (χ1n) is 6.60. The summed E-state index contributed by atoms with van der Waals surface area (Å²) in [6, 6.07) is 10.4. The summed E-state index contributed by atoms with van der Waals surface area (Å²) < 4.78 is 0. The van der Waals surface area contributed by atoms with Crippen LogP contribution in [0.2, 0.25) is 0 Å². The van der Waals surface area contributed by atoms with Crippen molar-refractivity contribution in [2.45, 2.75) is 38.7 Å². The molecule has 1 aliphatic rings. The van der Waals surface area contributed by atoms with Gasteiger partial charge in [0, 0.05) is 9.75 Å². The highest BCUT2D eigenvalue weighted by molar-refractivity contribution is 7.12. The normalized spacial score (nSPS) is 16.3. The summed E-state index contributed by atoms with van der Waals surface area (Å²) in [5.74, 6) is 0. The molecule has 0 spiro atoms. The van der Waals surface area contributed by atoms with Gasteiger partial charge in [-0.25, -0.2) is 0 Å². The van der Waals surface area contributed by atoms with E-state index >= 15 is 0 Å². The van der Waals surface area contributed by atoms with Gasteiger partial charge in [-0.1, -0.05) is 29.8 Å². The number of benzene rings is 1. The highest BCUT2D eigenvalue weighted by Crippen LogP contribution is 2.35. The van der Waals surface area contributed by atoms with Crippen LogP contribution in [0.15, 0.2) is 30.3 Å². The van der Waals surface area contributed by atoms with E-state index in [1.54, 1.807) is 11.3 Å². The molecule has 1 unspecified atom stereocenters. The van der Waals surface area contributed by atoms with Gasteiger partial charge in [0.05, 0.1) is 0 Å². The van der Waals surface area contributed by atoms with E-state index < -0.39 is 6.10 Å². The lowest BCUT2D eigenvalue weighted by atomic mass is 9.98. The van der Waals surface area contributed by atoms with Crippen molar-refractivity contribution in [1.29, 1.82) is 0 Å². The predicted molar refractivity (Wildman–Crippen MR) is 76.2 cm³/mol. The maximum absolute atomic E-state index is 10.5. The first kappa shape index (κ1) is 11.9. The molecule has 1 heterocycles. The van der Waals surface area contributed by atoms with Crippen LogP contribution < -0.4 is 0 Å². The minimum absolute atomic E-state index is 0.458. The smallest absolute Gasteiger partial charge is 0.113 e. The fourth-order valence-electron chi connectivity index (χ4n) is 2.65. The summed E-state index contributed by atoms with van der Waals surface area (Å²) in [7, 11) is 0. The summed E-state index contributed by atoms with van der Waals surface area (Å²) >= 11 is 1.79. The van der Waals surface area contributed by atoms with E-state index in [0.717, 1.165) is 10.4 Å². The Bertz CT molecular complexity index is 532. The van der Waals surface area contributed by atoms with Crippen LogP contribution in [0.4, 0.5) is 0 Å². The van der Waals surface area contributed by atoms with E-state index in [1.165, 1.54) is 41.7 Å². The molecule has 0 saturated carbocycles. The van der Waals surface area contributed by atoms with Crippen molar-refractivity contribution in [3.63, 3.8) is 0 Å². The zero-order valence-corrected chi connectivity index (χ0v) is 11.5. The van der Waals surface area contributed by atoms with Gasteiger partial charge in [-0.05, 0) is 49.8 Å². The van der Waals surface area contributed by atoms with Crippen molar-refractivity contribution in [3.05, 3.63) is 56.8 Å². The van der Waals surface area contributed by atoms with Crippen LogP contribution in [0, 0.1) is 6.92 Å². The van der Waals surface area contributed by atoms with Crippen molar-refractivity contribution in [2.75, 3.05) is 0 Å². The van der Waals surface area contributed by atoms with Crippen LogP contribution in [0.5, 0.6) is 0 Å². The zero-order valence-electron chi connectivity index (χ0n) is 10.6. The Balaban J connectivity index is 1.92. The molecule has 1 N–H and O–H groups in total. The molecule has 0 amide bonds. The molecule has 0 bridgehead atoms. The summed E-state index contributed by atoms with van der Waals surface area (Å²) in [5, 5.41) is 10.5. The Morgan fingerprint density at radius 2 is 2.00 bits per heavy atom. The first-order valence-corrected chi connectivity index (χ1v) is 7.42. The maximum Gasteiger partial charge on any atom is 0.113 e. The van der Waals surface area contributed by atoms with Crippen LogP contribution in [0.25, 0.3) is 0 Å². The van der Waals surface area contributed by atoms with E-state index in [9.17, 15) is 5.11 Å². The van der Waals surface area contributed by atoms with Crippen molar-refractivity contribution in [2.24, 2.45) is 0 Å². The highest BCUT2D eigenvalue weighted by Gasteiger charge is 2.18. The minimum Gasteiger partial charge on any atom is -0.383 e. The topological polar surface area (TPSA) is 20.2 Å². The molecule has 1 aromatic heterocycles. The third kappa shape index (κ3) is 2.23. The van der Waals surface area contributed by atoms with Gasteiger partial charge >= 0.3 is 0 Å². The third-order valence-corrected chi connectivity index (χ3v) is 4.93. The lowest BCUT2D eigenvalue weighted by Gasteiger charge is -2.09. The van der Waals surface area contributed by atoms with E-state index in [1.807, 2.05) is 12.1 Å². The van der Waals surface area contributed by atoms with Crippen LogP contribution in [0.1, 0.15) is 45.4 Å². The fourth-order valence-corrected chi connectivity index (χ4v) is 3.92. The molecule has 1 aromatic carbocycles. The molecule has 1 atom stereocenters. The van der Waals surface area contributed by atoms with Gasteiger partial charge in [-0.2, -0.15) is 0 Å². The molecular weight excluding hydrogens is 240 g/mol. The van der Waals surface area contributed by atoms with Crippen LogP contribution in [-0.2, 0) is 12.8 Å². The van der Waals surface area contributed by atoms with E-state index in [4.69, 9.17) is 0 Å². The monoisotopic (exact) mass is 258 g/mol. The second kappa shape index (κ2) is 4.87. The highest BCUT2D eigenvalue weighted by atomic mass is 32.1. The SMILES string of the molecule is Cc1cccc(C(O)c2cc3c(s2)CCCC3)c1. The molecule has 2 aromatic rings. The molecule has 2 heteroatoms. The minimum atomic E-state index is -0.458. The average molecular weight is 258 g/mol. The standard InChI is InChI=1S/C16H18OS/c1-11-5-4-7-13(9-11)16(17)15-10-12-6-2-3-8-14(12)18-15/h4-5,7,9-10,16-17H,2-3,6,8H2,1H3. The van der Waals surface area contributed by atoms with E-state index in [-0.39, 0.29) is 0 Å². The maximum atomic E-state index is 10.5. The fraction of sp³-hybridized carbons (Fsp3) is 0.375.